The van der Waals surface area contributed by atoms with E-state index >= 15 is 0 Å². The van der Waals surface area contributed by atoms with Gasteiger partial charge in [0, 0.05) is 36.3 Å². The number of nitrogen functional groups attached to an aromatic ring is 2. The van der Waals surface area contributed by atoms with E-state index in [0.29, 0.717) is 34.6 Å². The Morgan fingerprint density at radius 2 is 1.22 bits per heavy atom. The predicted octanol–water partition coefficient (Wildman–Crippen LogP) is 2.83. The summed E-state index contributed by atoms with van der Waals surface area (Å²) in [5.74, 6) is -1.30. The Bertz CT molecular complexity index is 1950. The van der Waals surface area contributed by atoms with Gasteiger partial charge in [0.2, 0.25) is 0 Å². The lowest BCUT2D eigenvalue weighted by atomic mass is 10.1. The normalized spacial score (nSPS) is 15.5. The number of anilines is 2. The number of likely N-dealkylation sites (tertiary alicyclic amines) is 1. The Balaban J connectivity index is 0.000000183. The predicted molar refractivity (Wildman–Crippen MR) is 191 cm³/mol. The second kappa shape index (κ2) is 15.0. The Hall–Kier alpha value is -5.70. The molecular formula is C36H44N10O5. The van der Waals surface area contributed by atoms with Crippen LogP contribution in [-0.2, 0) is 0 Å². The number of carboxylic acids is 1. The van der Waals surface area contributed by atoms with Crippen LogP contribution in [0.25, 0.3) is 11.4 Å². The minimum atomic E-state index is -1.14. The number of carbonyl (C=O) groups excluding carboxylic acids is 3. The van der Waals surface area contributed by atoms with Gasteiger partial charge in [-0.25, -0.2) is 14.2 Å². The van der Waals surface area contributed by atoms with Crippen molar-refractivity contribution >= 4 is 35.3 Å². The fourth-order valence-electron chi connectivity index (χ4n) is 5.82. The maximum Gasteiger partial charge on any atom is 0.341 e. The number of hydrogen-bond acceptors (Lipinski definition) is 9. The van der Waals surface area contributed by atoms with Crippen molar-refractivity contribution in [3.8, 4) is 11.4 Å². The second-order valence-corrected chi connectivity index (χ2v) is 13.3. The summed E-state index contributed by atoms with van der Waals surface area (Å²) in [7, 11) is 0. The summed E-state index contributed by atoms with van der Waals surface area (Å²) in [5.41, 5.74) is 16.5. The molecule has 15 nitrogen and oxygen atoms in total. The molecule has 3 aliphatic rings. The highest BCUT2D eigenvalue weighted by Gasteiger charge is 2.26. The lowest BCUT2D eigenvalue weighted by Crippen LogP contribution is -2.33. The summed E-state index contributed by atoms with van der Waals surface area (Å²) < 4.78 is 2.87. The lowest BCUT2D eigenvalue weighted by molar-refractivity contribution is 0.0697. The van der Waals surface area contributed by atoms with E-state index in [-0.39, 0.29) is 47.0 Å². The fourth-order valence-corrected chi connectivity index (χ4v) is 5.82. The molecule has 2 aromatic heterocycles. The van der Waals surface area contributed by atoms with Gasteiger partial charge in [0.15, 0.2) is 0 Å². The number of aromatic nitrogens is 4. The summed E-state index contributed by atoms with van der Waals surface area (Å²) >= 11 is 0. The molecule has 8 N–H and O–H groups in total. The van der Waals surface area contributed by atoms with E-state index in [4.69, 9.17) is 16.6 Å². The summed E-state index contributed by atoms with van der Waals surface area (Å²) in [4.78, 5) is 50.4. The fraction of sp³-hybridized carbons (Fsp3) is 0.389. The Labute approximate surface area is 295 Å². The van der Waals surface area contributed by atoms with Crippen molar-refractivity contribution in [3.05, 3.63) is 82.2 Å². The molecular weight excluding hydrogens is 652 g/mol. The SMILES string of the molecule is Cc1ccc(C(=O)NC2CC2)cc1-n1ncc(C(=O)NCCN2CCCC2)c1N.Cc1ccc(C(=O)NC2CC2)cc1-n1ncc(C(=O)O)c1N. The number of amides is 3. The zero-order valence-corrected chi connectivity index (χ0v) is 28.8. The van der Waals surface area contributed by atoms with Gasteiger partial charge in [0.25, 0.3) is 17.7 Å². The standard InChI is InChI=1S/C21H28N6O2.C15H16N4O3/c1-14-4-5-15(20(28)25-16-6-7-16)12-18(14)27-19(22)17(13-24-27)21(29)23-8-11-26-9-2-3-10-26;1-8-2-3-9(14(20)18-10-4-5-10)6-12(8)19-13(16)11(7-17-19)15(21)22/h4-5,12-13,16H,2-3,6-11,22H2,1H3,(H,23,29)(H,25,28);2-3,6-7,10H,4-5,16H2,1H3,(H,18,20)(H,21,22). The van der Waals surface area contributed by atoms with Gasteiger partial charge in [0.05, 0.1) is 23.8 Å². The summed E-state index contributed by atoms with van der Waals surface area (Å²) in [5, 5.41) is 26.2. The van der Waals surface area contributed by atoms with E-state index in [1.165, 1.54) is 34.6 Å². The van der Waals surface area contributed by atoms with Crippen LogP contribution >= 0.6 is 0 Å². The van der Waals surface area contributed by atoms with Crippen molar-refractivity contribution in [2.45, 2.75) is 64.5 Å². The van der Waals surface area contributed by atoms with Crippen molar-refractivity contribution in [2.75, 3.05) is 37.6 Å². The third kappa shape index (κ3) is 8.37. The van der Waals surface area contributed by atoms with Gasteiger partial charge < -0.3 is 37.4 Å². The monoisotopic (exact) mass is 696 g/mol. The van der Waals surface area contributed by atoms with Crippen LogP contribution in [0.5, 0.6) is 0 Å². The molecule has 0 radical (unpaired) electrons. The van der Waals surface area contributed by atoms with Crippen LogP contribution in [0.1, 0.15) is 91.1 Å². The zero-order valence-electron chi connectivity index (χ0n) is 28.8. The highest BCUT2D eigenvalue weighted by atomic mass is 16.4. The average Bonchev–Trinajstić information content (AvgIpc) is 3.96. The van der Waals surface area contributed by atoms with Crippen molar-refractivity contribution in [1.29, 1.82) is 0 Å². The van der Waals surface area contributed by atoms with Crippen LogP contribution in [0, 0.1) is 13.8 Å². The molecule has 4 aromatic rings. The molecule has 2 saturated carbocycles. The van der Waals surface area contributed by atoms with Crippen LogP contribution < -0.4 is 27.4 Å². The number of rotatable bonds is 11. The molecule has 2 aromatic carbocycles. The van der Waals surface area contributed by atoms with Gasteiger partial charge in [-0.05, 0) is 101 Å². The largest absolute Gasteiger partial charge is 0.477 e. The van der Waals surface area contributed by atoms with E-state index in [0.717, 1.165) is 56.4 Å². The van der Waals surface area contributed by atoms with Gasteiger partial charge in [-0.1, -0.05) is 12.1 Å². The van der Waals surface area contributed by atoms with E-state index in [1.54, 1.807) is 30.3 Å². The molecule has 51 heavy (non-hydrogen) atoms. The van der Waals surface area contributed by atoms with Crippen molar-refractivity contribution in [3.63, 3.8) is 0 Å². The number of nitrogens with zero attached hydrogens (tertiary/aromatic N) is 5. The number of aryl methyl sites for hydroxylation is 2. The van der Waals surface area contributed by atoms with Crippen LogP contribution in [0.4, 0.5) is 11.6 Å². The molecule has 2 aliphatic carbocycles. The first-order valence-electron chi connectivity index (χ1n) is 17.2. The molecule has 0 unspecified atom stereocenters. The highest BCUT2D eigenvalue weighted by molar-refractivity contribution is 5.99. The second-order valence-electron chi connectivity index (χ2n) is 13.3. The third-order valence-corrected chi connectivity index (χ3v) is 9.22. The lowest BCUT2D eigenvalue weighted by Gasteiger charge is -2.14. The topological polar surface area (TPSA) is 216 Å². The van der Waals surface area contributed by atoms with Gasteiger partial charge in [-0.15, -0.1) is 0 Å². The molecule has 15 heteroatoms. The quantitative estimate of drug-likeness (QED) is 0.135. The van der Waals surface area contributed by atoms with Crippen LogP contribution in [0.15, 0.2) is 48.8 Å². The van der Waals surface area contributed by atoms with E-state index in [9.17, 15) is 19.2 Å². The summed E-state index contributed by atoms with van der Waals surface area (Å²) in [6, 6.07) is 11.2. The average molecular weight is 697 g/mol. The maximum absolute atomic E-state index is 12.5. The molecule has 268 valence electrons. The molecule has 1 saturated heterocycles. The summed E-state index contributed by atoms with van der Waals surface area (Å²) in [6.45, 7) is 7.39. The van der Waals surface area contributed by atoms with Crippen molar-refractivity contribution < 1.29 is 24.3 Å². The van der Waals surface area contributed by atoms with Crippen LogP contribution in [0.3, 0.4) is 0 Å². The zero-order chi connectivity index (χ0) is 36.2. The molecule has 0 atom stereocenters. The first-order chi connectivity index (χ1) is 24.5. The molecule has 0 spiro atoms. The Kier molecular flexibility index (Phi) is 10.4. The highest BCUT2D eigenvalue weighted by Crippen LogP contribution is 2.25. The van der Waals surface area contributed by atoms with Crippen molar-refractivity contribution in [1.82, 2.24) is 40.4 Å². The Morgan fingerprint density at radius 3 is 1.67 bits per heavy atom. The number of aromatic carboxylic acids is 1. The smallest absolute Gasteiger partial charge is 0.341 e. The molecule has 3 amide bonds. The van der Waals surface area contributed by atoms with Crippen molar-refractivity contribution in [2.24, 2.45) is 0 Å². The molecule has 0 bridgehead atoms. The molecule has 7 rings (SSSR count). The van der Waals surface area contributed by atoms with Gasteiger partial charge in [-0.3, -0.25) is 14.4 Å². The molecule has 3 heterocycles. The van der Waals surface area contributed by atoms with Crippen LogP contribution in [0.2, 0.25) is 0 Å². The number of carbonyl (C=O) groups is 4. The number of nitrogens with two attached hydrogens (primary N) is 2. The number of nitrogens with one attached hydrogen (secondary N) is 3. The van der Waals surface area contributed by atoms with Gasteiger partial charge >= 0.3 is 5.97 Å². The molecule has 3 fully saturated rings. The van der Waals surface area contributed by atoms with E-state index < -0.39 is 5.97 Å². The van der Waals surface area contributed by atoms with E-state index in [1.807, 2.05) is 19.9 Å². The molecule has 1 aliphatic heterocycles. The minimum Gasteiger partial charge on any atom is -0.477 e. The van der Waals surface area contributed by atoms with E-state index in [2.05, 4.69) is 31.0 Å². The number of hydrogen-bond donors (Lipinski definition) is 6. The first-order valence-corrected chi connectivity index (χ1v) is 17.2. The number of carboxylic acid groups (broad SMARTS) is 1. The maximum atomic E-state index is 12.5. The van der Waals surface area contributed by atoms with Gasteiger partial charge in [0.1, 0.15) is 22.8 Å². The first kappa shape index (κ1) is 35.1. The number of benzene rings is 2. The third-order valence-electron chi connectivity index (χ3n) is 9.22. The minimum absolute atomic E-state index is 0.0374. The Morgan fingerprint density at radius 1 is 0.745 bits per heavy atom. The summed E-state index contributed by atoms with van der Waals surface area (Å²) in [6.07, 6.45) is 9.23. The van der Waals surface area contributed by atoms with Crippen LogP contribution in [-0.4, -0.2) is 91.5 Å². The van der Waals surface area contributed by atoms with Gasteiger partial charge in [-0.2, -0.15) is 10.2 Å².